The lowest BCUT2D eigenvalue weighted by Gasteiger charge is -2.12. The number of nitrogens with zero attached hydrogens (tertiary/aromatic N) is 2. The lowest BCUT2D eigenvalue weighted by atomic mass is 10.1. The van der Waals surface area contributed by atoms with Gasteiger partial charge in [0.25, 0.3) is 5.91 Å². The zero-order valence-electron chi connectivity index (χ0n) is 12.1. The number of rotatable bonds is 5. The van der Waals surface area contributed by atoms with Crippen molar-refractivity contribution in [3.63, 3.8) is 0 Å². The number of hydrogen-bond donors (Lipinski definition) is 2. The molecule has 1 aromatic heterocycles. The summed E-state index contributed by atoms with van der Waals surface area (Å²) in [5, 5.41) is 7.55. The van der Waals surface area contributed by atoms with Gasteiger partial charge in [0, 0.05) is 18.8 Å². The van der Waals surface area contributed by atoms with Crippen LogP contribution in [0.1, 0.15) is 35.5 Å². The van der Waals surface area contributed by atoms with Gasteiger partial charge in [0.2, 0.25) is 0 Å². The van der Waals surface area contributed by atoms with Gasteiger partial charge in [0.05, 0.1) is 5.69 Å². The van der Waals surface area contributed by atoms with Gasteiger partial charge in [-0.3, -0.25) is 4.79 Å². The van der Waals surface area contributed by atoms with Crippen molar-refractivity contribution in [1.82, 2.24) is 15.1 Å². The van der Waals surface area contributed by atoms with Gasteiger partial charge in [0.15, 0.2) is 0 Å². The fourth-order valence-electron chi connectivity index (χ4n) is 1.93. The number of nitrogens with two attached hydrogens (primary N) is 1. The molecule has 20 heavy (non-hydrogen) atoms. The Kier molecular flexibility index (Phi) is 4.20. The van der Waals surface area contributed by atoms with Crippen LogP contribution in [0.2, 0.25) is 0 Å². The molecule has 0 bridgehead atoms. The van der Waals surface area contributed by atoms with Crippen molar-refractivity contribution < 1.29 is 4.79 Å². The van der Waals surface area contributed by atoms with Crippen molar-refractivity contribution in [2.24, 2.45) is 5.73 Å². The molecule has 1 heterocycles. The van der Waals surface area contributed by atoms with Crippen molar-refractivity contribution in [3.05, 3.63) is 47.3 Å². The van der Waals surface area contributed by atoms with E-state index in [1.54, 1.807) is 16.9 Å². The highest BCUT2D eigenvalue weighted by molar-refractivity contribution is 5.90. The average Bonchev–Trinajstić information content (AvgIpc) is 2.86. The summed E-state index contributed by atoms with van der Waals surface area (Å²) >= 11 is 0. The van der Waals surface area contributed by atoms with Crippen LogP contribution in [0.5, 0.6) is 0 Å². The highest BCUT2D eigenvalue weighted by Gasteiger charge is 2.07. The van der Waals surface area contributed by atoms with E-state index in [1.165, 1.54) is 11.1 Å². The Labute approximate surface area is 118 Å². The number of amides is 1. The third kappa shape index (κ3) is 3.24. The summed E-state index contributed by atoms with van der Waals surface area (Å²) in [5.41, 5.74) is 8.84. The first-order valence-electron chi connectivity index (χ1n) is 6.66. The molecule has 0 aliphatic rings. The zero-order valence-corrected chi connectivity index (χ0v) is 12.1. The maximum atomic E-state index is 11.1. The normalized spacial score (nSPS) is 11.0. The predicted molar refractivity (Wildman–Crippen MR) is 78.8 cm³/mol. The number of carbonyl (C=O) groups is 1. The molecule has 0 aliphatic heterocycles. The van der Waals surface area contributed by atoms with Crippen LogP contribution in [-0.2, 0) is 6.54 Å². The summed E-state index contributed by atoms with van der Waals surface area (Å²) in [5.74, 6) is -0.516. The third-order valence-corrected chi connectivity index (χ3v) is 3.13. The number of hydrogen-bond acceptors (Lipinski definition) is 3. The van der Waals surface area contributed by atoms with Crippen LogP contribution in [0, 0.1) is 6.92 Å². The molecular weight excluding hydrogens is 252 g/mol. The van der Waals surface area contributed by atoms with Gasteiger partial charge in [-0.25, -0.2) is 4.68 Å². The predicted octanol–water partition coefficient (Wildman–Crippen LogP) is 1.78. The van der Waals surface area contributed by atoms with Crippen molar-refractivity contribution in [3.8, 4) is 5.69 Å². The minimum Gasteiger partial charge on any atom is -0.364 e. The van der Waals surface area contributed by atoms with E-state index in [4.69, 9.17) is 5.73 Å². The van der Waals surface area contributed by atoms with Gasteiger partial charge < -0.3 is 11.1 Å². The molecule has 1 aromatic carbocycles. The van der Waals surface area contributed by atoms with E-state index in [9.17, 15) is 4.79 Å². The number of nitrogens with one attached hydrogen (secondary N) is 1. The van der Waals surface area contributed by atoms with E-state index in [-0.39, 0.29) is 5.69 Å². The Hall–Kier alpha value is -2.14. The minimum atomic E-state index is -0.516. The molecule has 0 atom stereocenters. The molecule has 0 spiro atoms. The SMILES string of the molecule is Cc1cc(-n2ccc(C(N)=O)n2)ccc1CNC(C)C. The molecule has 2 aromatic rings. The zero-order chi connectivity index (χ0) is 14.7. The molecule has 0 aliphatic carbocycles. The van der Waals surface area contributed by atoms with Gasteiger partial charge in [0.1, 0.15) is 5.69 Å². The average molecular weight is 272 g/mol. The maximum absolute atomic E-state index is 11.1. The van der Waals surface area contributed by atoms with E-state index < -0.39 is 5.91 Å². The van der Waals surface area contributed by atoms with Crippen LogP contribution < -0.4 is 11.1 Å². The Bertz CT molecular complexity index is 616. The topological polar surface area (TPSA) is 72.9 Å². The van der Waals surface area contributed by atoms with Crippen molar-refractivity contribution in [2.75, 3.05) is 0 Å². The van der Waals surface area contributed by atoms with E-state index in [0.29, 0.717) is 6.04 Å². The fourth-order valence-corrected chi connectivity index (χ4v) is 1.93. The Morgan fingerprint density at radius 2 is 2.15 bits per heavy atom. The number of benzene rings is 1. The second-order valence-electron chi connectivity index (χ2n) is 5.16. The number of carbonyl (C=O) groups excluding carboxylic acids is 1. The molecule has 1 amide bonds. The summed E-state index contributed by atoms with van der Waals surface area (Å²) in [7, 11) is 0. The van der Waals surface area contributed by atoms with E-state index >= 15 is 0 Å². The Morgan fingerprint density at radius 1 is 1.40 bits per heavy atom. The van der Waals surface area contributed by atoms with Gasteiger partial charge in [-0.2, -0.15) is 5.10 Å². The monoisotopic (exact) mass is 272 g/mol. The standard InChI is InChI=1S/C15H20N4O/c1-10(2)17-9-12-4-5-13(8-11(12)3)19-7-6-14(18-19)15(16)20/h4-8,10,17H,9H2,1-3H3,(H2,16,20). The first-order valence-corrected chi connectivity index (χ1v) is 6.66. The fraction of sp³-hybridized carbons (Fsp3) is 0.333. The molecule has 0 unspecified atom stereocenters. The van der Waals surface area contributed by atoms with Crippen LogP contribution in [0.4, 0.5) is 0 Å². The lowest BCUT2D eigenvalue weighted by molar-refractivity contribution is 0.0995. The largest absolute Gasteiger partial charge is 0.364 e. The van der Waals surface area contributed by atoms with Gasteiger partial charge in [-0.05, 0) is 36.2 Å². The summed E-state index contributed by atoms with van der Waals surface area (Å²) in [4.78, 5) is 11.1. The van der Waals surface area contributed by atoms with Crippen LogP contribution in [0.15, 0.2) is 30.5 Å². The maximum Gasteiger partial charge on any atom is 0.269 e. The number of aryl methyl sites for hydroxylation is 1. The summed E-state index contributed by atoms with van der Waals surface area (Å²) in [6.07, 6.45) is 1.74. The van der Waals surface area contributed by atoms with Crippen molar-refractivity contribution in [1.29, 1.82) is 0 Å². The van der Waals surface area contributed by atoms with E-state index in [1.807, 2.05) is 6.07 Å². The summed E-state index contributed by atoms with van der Waals surface area (Å²) < 4.78 is 1.66. The number of aromatic nitrogens is 2. The second kappa shape index (κ2) is 5.88. The molecule has 5 heteroatoms. The molecule has 2 rings (SSSR count). The summed E-state index contributed by atoms with van der Waals surface area (Å²) in [6.45, 7) is 7.16. The lowest BCUT2D eigenvalue weighted by Crippen LogP contribution is -2.22. The van der Waals surface area contributed by atoms with Crippen LogP contribution >= 0.6 is 0 Å². The molecule has 0 saturated heterocycles. The van der Waals surface area contributed by atoms with Crippen molar-refractivity contribution in [2.45, 2.75) is 33.4 Å². The number of primary amides is 1. The molecule has 0 saturated carbocycles. The van der Waals surface area contributed by atoms with Crippen LogP contribution in [0.25, 0.3) is 5.69 Å². The minimum absolute atomic E-state index is 0.271. The van der Waals surface area contributed by atoms with E-state index in [0.717, 1.165) is 12.2 Å². The van der Waals surface area contributed by atoms with Gasteiger partial charge >= 0.3 is 0 Å². The van der Waals surface area contributed by atoms with Gasteiger partial charge in [-0.1, -0.05) is 19.9 Å². The van der Waals surface area contributed by atoms with Crippen LogP contribution in [0.3, 0.4) is 0 Å². The quantitative estimate of drug-likeness (QED) is 0.871. The first kappa shape index (κ1) is 14.3. The summed E-state index contributed by atoms with van der Waals surface area (Å²) in [6, 6.07) is 8.19. The molecule has 3 N–H and O–H groups in total. The molecule has 0 radical (unpaired) electrons. The third-order valence-electron chi connectivity index (χ3n) is 3.13. The van der Waals surface area contributed by atoms with Crippen LogP contribution in [-0.4, -0.2) is 21.7 Å². The first-order chi connectivity index (χ1) is 9.47. The molecule has 0 fully saturated rings. The van der Waals surface area contributed by atoms with Gasteiger partial charge in [-0.15, -0.1) is 0 Å². The second-order valence-corrected chi connectivity index (χ2v) is 5.16. The van der Waals surface area contributed by atoms with Crippen molar-refractivity contribution >= 4 is 5.91 Å². The van der Waals surface area contributed by atoms with E-state index in [2.05, 4.69) is 43.3 Å². The highest BCUT2D eigenvalue weighted by atomic mass is 16.1. The smallest absolute Gasteiger partial charge is 0.269 e. The Balaban J connectivity index is 2.21. The molecule has 106 valence electrons. The Morgan fingerprint density at radius 3 is 2.70 bits per heavy atom. The molecule has 5 nitrogen and oxygen atoms in total. The highest BCUT2D eigenvalue weighted by Crippen LogP contribution is 2.15. The molecular formula is C15H20N4O.